The maximum absolute atomic E-state index is 13.4. The van der Waals surface area contributed by atoms with Crippen LogP contribution in [-0.2, 0) is 14.3 Å². The number of carbonyl (C=O) groups is 3. The number of nitrogens with one attached hydrogen (secondary N) is 2. The zero-order valence-corrected chi connectivity index (χ0v) is 25.1. The number of hydrogen-bond donors (Lipinski definition) is 6. The number of halogens is 2. The lowest BCUT2D eigenvalue weighted by Crippen LogP contribution is -2.60. The number of carbonyl (C=O) groups excluding carboxylic acids is 3. The molecular weight excluding hydrogens is 640 g/mol. The molecule has 13 nitrogen and oxygen atoms in total. The van der Waals surface area contributed by atoms with Gasteiger partial charge in [0.1, 0.15) is 24.1 Å². The lowest BCUT2D eigenvalue weighted by Gasteiger charge is -2.37. The Balaban J connectivity index is 1.64. The number of likely N-dealkylation sites (tertiary alicyclic amines) is 1. The molecule has 228 valence electrons. The number of ether oxygens (including phenoxy) is 2. The van der Waals surface area contributed by atoms with Crippen molar-refractivity contribution in [1.29, 1.82) is 0 Å². The van der Waals surface area contributed by atoms with Crippen LogP contribution in [0.15, 0.2) is 34.9 Å². The van der Waals surface area contributed by atoms with Gasteiger partial charge in [0, 0.05) is 22.6 Å². The van der Waals surface area contributed by atoms with E-state index in [-0.39, 0.29) is 34.6 Å². The van der Waals surface area contributed by atoms with Gasteiger partial charge in [-0.05, 0) is 64.0 Å². The van der Waals surface area contributed by atoms with E-state index in [2.05, 4.69) is 50.3 Å². The van der Waals surface area contributed by atoms with Crippen LogP contribution in [0.1, 0.15) is 37.0 Å². The van der Waals surface area contributed by atoms with Gasteiger partial charge in [-0.15, -0.1) is 0 Å². The molecular formula is C27H32BrClN4O9. The van der Waals surface area contributed by atoms with Gasteiger partial charge in [-0.3, -0.25) is 9.59 Å². The van der Waals surface area contributed by atoms with Gasteiger partial charge >= 0.3 is 5.97 Å². The van der Waals surface area contributed by atoms with Crippen LogP contribution in [0.2, 0.25) is 5.02 Å². The molecule has 3 heterocycles. The van der Waals surface area contributed by atoms with Gasteiger partial charge in [-0.2, -0.15) is 0 Å². The SMILES string of the molecule is CC(C)N1CCC(C(=O)Nc2c(OC(=O)[C@H]3O[C@@H](O)[C@H](O)[C@@H](O)[C@@H]3O)cc(Br)cc2C(=O)Nc2ccc(Cl)cn2)CC1. The molecule has 2 saturated heterocycles. The standard InChI is InChI=1S/C27H32BrClN4O9/c1-12(2)33-7-5-13(6-8-33)24(37)32-19-16(25(38)31-18-4-3-15(29)11-30-18)9-14(28)10-17(19)41-27(40)23-21(35)20(34)22(36)26(39)42-23/h3-4,9-13,20-23,26,34-36,39H,5-8H2,1-2H3,(H,32,37)(H,30,31,38)/t20-,21-,22+,23-,26+/m0/s1. The van der Waals surface area contributed by atoms with E-state index in [1.165, 1.54) is 30.5 Å². The Morgan fingerprint density at radius 1 is 1.07 bits per heavy atom. The molecule has 0 aliphatic carbocycles. The van der Waals surface area contributed by atoms with Gasteiger partial charge < -0.3 is 45.4 Å². The summed E-state index contributed by atoms with van der Waals surface area (Å²) in [4.78, 5) is 46.2. The molecule has 1 aromatic heterocycles. The molecule has 2 amide bonds. The number of nitrogens with zero attached hydrogens (tertiary/aromatic N) is 2. The third kappa shape index (κ3) is 7.44. The van der Waals surface area contributed by atoms with Crippen molar-refractivity contribution in [3.8, 4) is 5.75 Å². The fourth-order valence-electron chi connectivity index (χ4n) is 4.73. The van der Waals surface area contributed by atoms with Gasteiger partial charge in [0.15, 0.2) is 18.1 Å². The summed E-state index contributed by atoms with van der Waals surface area (Å²) in [5.74, 6) is -2.83. The number of anilines is 2. The van der Waals surface area contributed by atoms with E-state index in [4.69, 9.17) is 21.1 Å². The summed E-state index contributed by atoms with van der Waals surface area (Å²) in [5.41, 5.74) is -0.224. The minimum atomic E-state index is -1.98. The monoisotopic (exact) mass is 670 g/mol. The molecule has 2 aliphatic rings. The molecule has 0 saturated carbocycles. The number of benzene rings is 1. The van der Waals surface area contributed by atoms with Crippen molar-refractivity contribution >= 4 is 56.8 Å². The third-order valence-corrected chi connectivity index (χ3v) is 7.87. The molecule has 2 fully saturated rings. The molecule has 2 aliphatic heterocycles. The number of aliphatic hydroxyl groups excluding tert-OH is 4. The van der Waals surface area contributed by atoms with Crippen LogP contribution < -0.4 is 15.4 Å². The van der Waals surface area contributed by atoms with Crippen LogP contribution in [0.3, 0.4) is 0 Å². The second-order valence-electron chi connectivity index (χ2n) is 10.4. The van der Waals surface area contributed by atoms with Crippen LogP contribution in [0.5, 0.6) is 5.75 Å². The highest BCUT2D eigenvalue weighted by Gasteiger charge is 2.47. The third-order valence-electron chi connectivity index (χ3n) is 7.19. The second kappa shape index (κ2) is 13.7. The number of hydrogen-bond acceptors (Lipinski definition) is 11. The predicted octanol–water partition coefficient (Wildman–Crippen LogP) is 1.51. The lowest BCUT2D eigenvalue weighted by molar-refractivity contribution is -0.279. The average Bonchev–Trinajstić information content (AvgIpc) is 2.96. The molecule has 0 unspecified atom stereocenters. The molecule has 0 bridgehead atoms. The summed E-state index contributed by atoms with van der Waals surface area (Å²) in [6.45, 7) is 5.58. The molecule has 0 spiro atoms. The quantitative estimate of drug-likeness (QED) is 0.185. The smallest absolute Gasteiger partial charge is 0.343 e. The second-order valence-corrected chi connectivity index (χ2v) is 11.7. The Bertz CT molecular complexity index is 1310. The zero-order valence-electron chi connectivity index (χ0n) is 22.7. The van der Waals surface area contributed by atoms with Crippen molar-refractivity contribution in [1.82, 2.24) is 9.88 Å². The minimum Gasteiger partial charge on any atom is -0.422 e. The molecule has 15 heteroatoms. The minimum absolute atomic E-state index is 0.0857. The number of pyridine rings is 1. The van der Waals surface area contributed by atoms with Crippen molar-refractivity contribution in [3.63, 3.8) is 0 Å². The highest BCUT2D eigenvalue weighted by Crippen LogP contribution is 2.36. The number of esters is 1. The van der Waals surface area contributed by atoms with E-state index >= 15 is 0 Å². The van der Waals surface area contributed by atoms with Crippen LogP contribution in [0.25, 0.3) is 0 Å². The number of piperidine rings is 1. The van der Waals surface area contributed by atoms with Crippen LogP contribution in [0.4, 0.5) is 11.5 Å². The Labute approximate surface area is 254 Å². The Morgan fingerprint density at radius 2 is 1.76 bits per heavy atom. The first-order chi connectivity index (χ1) is 19.8. The average molecular weight is 672 g/mol. The van der Waals surface area contributed by atoms with Gasteiger partial charge in [-0.25, -0.2) is 9.78 Å². The van der Waals surface area contributed by atoms with Gasteiger partial charge in [-0.1, -0.05) is 27.5 Å². The molecule has 1 aromatic carbocycles. The first-order valence-electron chi connectivity index (χ1n) is 13.3. The summed E-state index contributed by atoms with van der Waals surface area (Å²) in [6, 6.07) is 6.07. The van der Waals surface area contributed by atoms with Crippen molar-refractivity contribution in [3.05, 3.63) is 45.5 Å². The summed E-state index contributed by atoms with van der Waals surface area (Å²) >= 11 is 9.17. The van der Waals surface area contributed by atoms with Gasteiger partial charge in [0.2, 0.25) is 5.91 Å². The molecule has 0 radical (unpaired) electrons. The van der Waals surface area contributed by atoms with E-state index < -0.39 is 42.6 Å². The largest absolute Gasteiger partial charge is 0.422 e. The van der Waals surface area contributed by atoms with E-state index in [1.807, 2.05) is 0 Å². The van der Waals surface area contributed by atoms with E-state index in [1.54, 1.807) is 0 Å². The fourth-order valence-corrected chi connectivity index (χ4v) is 5.28. The van der Waals surface area contributed by atoms with Crippen LogP contribution in [0, 0.1) is 5.92 Å². The maximum atomic E-state index is 13.4. The summed E-state index contributed by atoms with van der Waals surface area (Å²) < 4.78 is 10.7. The van der Waals surface area contributed by atoms with Crippen molar-refractivity contribution in [2.24, 2.45) is 5.92 Å². The highest BCUT2D eigenvalue weighted by molar-refractivity contribution is 9.10. The van der Waals surface area contributed by atoms with Gasteiger partial charge in [0.25, 0.3) is 5.91 Å². The fraction of sp³-hybridized carbons (Fsp3) is 0.481. The Kier molecular flexibility index (Phi) is 10.5. The molecule has 5 atom stereocenters. The highest BCUT2D eigenvalue weighted by atomic mass is 79.9. The Morgan fingerprint density at radius 3 is 2.38 bits per heavy atom. The van der Waals surface area contributed by atoms with Crippen LogP contribution >= 0.6 is 27.5 Å². The first-order valence-corrected chi connectivity index (χ1v) is 14.4. The van der Waals surface area contributed by atoms with E-state index in [9.17, 15) is 34.8 Å². The number of aliphatic hydroxyl groups is 4. The normalized spacial score (nSPS) is 25.2. The molecule has 6 N–H and O–H groups in total. The molecule has 4 rings (SSSR count). The van der Waals surface area contributed by atoms with Crippen molar-refractivity contribution in [2.75, 3.05) is 23.7 Å². The topological polar surface area (TPSA) is 191 Å². The number of rotatable bonds is 7. The zero-order chi connectivity index (χ0) is 30.7. The van der Waals surface area contributed by atoms with Crippen molar-refractivity contribution in [2.45, 2.75) is 63.4 Å². The Hall–Kier alpha value is -2.69. The van der Waals surface area contributed by atoms with E-state index in [0.717, 1.165) is 0 Å². The van der Waals surface area contributed by atoms with Crippen molar-refractivity contribution < 1.29 is 44.3 Å². The maximum Gasteiger partial charge on any atom is 0.343 e. The summed E-state index contributed by atoms with van der Waals surface area (Å²) in [5, 5.41) is 45.6. The molecule has 42 heavy (non-hydrogen) atoms. The van der Waals surface area contributed by atoms with Gasteiger partial charge in [0.05, 0.1) is 16.3 Å². The lowest BCUT2D eigenvalue weighted by atomic mass is 9.95. The predicted molar refractivity (Wildman–Crippen MR) is 154 cm³/mol. The summed E-state index contributed by atoms with van der Waals surface area (Å²) in [7, 11) is 0. The first kappa shape index (κ1) is 32.2. The van der Waals surface area contributed by atoms with E-state index in [0.29, 0.717) is 41.5 Å². The molecule has 2 aromatic rings. The number of aromatic nitrogens is 1. The van der Waals surface area contributed by atoms with Crippen LogP contribution in [-0.4, -0.2) is 97.9 Å². The summed E-state index contributed by atoms with van der Waals surface area (Å²) in [6.07, 6.45) is -7.08. The number of amides is 2.